The Morgan fingerprint density at radius 3 is 2.45 bits per heavy atom. The molecule has 4 nitrogen and oxygen atoms in total. The van der Waals surface area contributed by atoms with E-state index >= 15 is 0 Å². The van der Waals surface area contributed by atoms with Crippen LogP contribution in [0.25, 0.3) is 10.6 Å². The van der Waals surface area contributed by atoms with Crippen molar-refractivity contribution in [1.29, 1.82) is 0 Å². The van der Waals surface area contributed by atoms with Crippen LogP contribution in [0.15, 0.2) is 23.6 Å². The van der Waals surface area contributed by atoms with Crippen molar-refractivity contribution in [2.24, 2.45) is 0 Å². The standard InChI is InChI=1S/C15H20N2O2S/c1-4-5-16-9-12-10-20-15(17-12)11-6-13(18-2)8-14(7-11)19-3/h6-8,10,16H,4-5,9H2,1-3H3. The highest BCUT2D eigenvalue weighted by atomic mass is 32.1. The minimum Gasteiger partial charge on any atom is -0.497 e. The summed E-state index contributed by atoms with van der Waals surface area (Å²) in [6, 6.07) is 5.82. The average molecular weight is 292 g/mol. The number of aromatic nitrogens is 1. The fraction of sp³-hybridized carbons (Fsp3) is 0.400. The van der Waals surface area contributed by atoms with E-state index in [-0.39, 0.29) is 0 Å². The molecule has 0 aliphatic carbocycles. The van der Waals surface area contributed by atoms with Crippen LogP contribution in [0.1, 0.15) is 19.0 Å². The summed E-state index contributed by atoms with van der Waals surface area (Å²) >= 11 is 1.64. The Bertz CT molecular complexity index is 532. The molecule has 1 aromatic carbocycles. The van der Waals surface area contributed by atoms with E-state index in [1.54, 1.807) is 25.6 Å². The van der Waals surface area contributed by atoms with E-state index < -0.39 is 0 Å². The number of hydrogen-bond acceptors (Lipinski definition) is 5. The molecule has 0 aliphatic rings. The van der Waals surface area contributed by atoms with Gasteiger partial charge in [-0.15, -0.1) is 11.3 Å². The molecule has 0 spiro atoms. The highest BCUT2D eigenvalue weighted by molar-refractivity contribution is 7.13. The molecule has 1 aromatic heterocycles. The third-order valence-electron chi connectivity index (χ3n) is 2.88. The van der Waals surface area contributed by atoms with E-state index in [4.69, 9.17) is 9.47 Å². The highest BCUT2D eigenvalue weighted by Gasteiger charge is 2.08. The Hall–Kier alpha value is -1.59. The number of nitrogens with one attached hydrogen (secondary N) is 1. The molecule has 0 fully saturated rings. The zero-order chi connectivity index (χ0) is 14.4. The molecule has 1 N–H and O–H groups in total. The number of ether oxygens (including phenoxy) is 2. The molecule has 2 aromatic rings. The number of thiazole rings is 1. The van der Waals surface area contributed by atoms with E-state index in [2.05, 4.69) is 22.6 Å². The molecule has 0 atom stereocenters. The molecular weight excluding hydrogens is 272 g/mol. The Balaban J connectivity index is 2.18. The Labute approximate surface area is 123 Å². The summed E-state index contributed by atoms with van der Waals surface area (Å²) in [4.78, 5) is 4.65. The van der Waals surface area contributed by atoms with Gasteiger partial charge in [0, 0.05) is 23.6 Å². The maximum absolute atomic E-state index is 5.29. The van der Waals surface area contributed by atoms with Gasteiger partial charge in [-0.3, -0.25) is 0 Å². The number of benzene rings is 1. The van der Waals surface area contributed by atoms with Crippen molar-refractivity contribution in [3.63, 3.8) is 0 Å². The van der Waals surface area contributed by atoms with Gasteiger partial charge in [-0.1, -0.05) is 6.92 Å². The number of nitrogens with zero attached hydrogens (tertiary/aromatic N) is 1. The van der Waals surface area contributed by atoms with Gasteiger partial charge in [0.2, 0.25) is 0 Å². The van der Waals surface area contributed by atoms with Crippen LogP contribution >= 0.6 is 11.3 Å². The van der Waals surface area contributed by atoms with Gasteiger partial charge in [-0.25, -0.2) is 4.98 Å². The van der Waals surface area contributed by atoms with Crippen LogP contribution in [-0.4, -0.2) is 25.7 Å². The predicted molar refractivity (Wildman–Crippen MR) is 82.7 cm³/mol. The molecule has 0 aliphatic heterocycles. The van der Waals surface area contributed by atoms with Gasteiger partial charge < -0.3 is 14.8 Å². The third kappa shape index (κ3) is 3.71. The van der Waals surface area contributed by atoms with Crippen molar-refractivity contribution in [2.45, 2.75) is 19.9 Å². The van der Waals surface area contributed by atoms with Crippen LogP contribution in [0.2, 0.25) is 0 Å². The molecule has 108 valence electrons. The minimum atomic E-state index is 0.778. The fourth-order valence-corrected chi connectivity index (χ4v) is 2.65. The predicted octanol–water partition coefficient (Wildman–Crippen LogP) is 3.33. The molecule has 0 saturated heterocycles. The SMILES string of the molecule is CCCNCc1csc(-c2cc(OC)cc(OC)c2)n1. The molecular formula is C15H20N2O2S. The van der Waals surface area contributed by atoms with Crippen molar-refractivity contribution in [3.8, 4) is 22.1 Å². The van der Waals surface area contributed by atoms with Crippen LogP contribution in [0.4, 0.5) is 0 Å². The van der Waals surface area contributed by atoms with Gasteiger partial charge in [0.1, 0.15) is 16.5 Å². The molecule has 1 heterocycles. The van der Waals surface area contributed by atoms with Gasteiger partial charge in [-0.05, 0) is 25.1 Å². The lowest BCUT2D eigenvalue weighted by molar-refractivity contribution is 0.394. The first kappa shape index (κ1) is 14.8. The topological polar surface area (TPSA) is 43.4 Å². The van der Waals surface area contributed by atoms with Crippen LogP contribution in [0, 0.1) is 0 Å². The van der Waals surface area contributed by atoms with Crippen molar-refractivity contribution in [1.82, 2.24) is 10.3 Å². The van der Waals surface area contributed by atoms with E-state index in [0.29, 0.717) is 0 Å². The normalized spacial score (nSPS) is 10.6. The van der Waals surface area contributed by atoms with Crippen LogP contribution in [0.5, 0.6) is 11.5 Å². The quantitative estimate of drug-likeness (QED) is 0.795. The molecule has 0 radical (unpaired) electrons. The monoisotopic (exact) mass is 292 g/mol. The van der Waals surface area contributed by atoms with Gasteiger partial charge in [0.05, 0.1) is 19.9 Å². The summed E-state index contributed by atoms with van der Waals surface area (Å²) in [6.07, 6.45) is 1.13. The number of hydrogen-bond donors (Lipinski definition) is 1. The van der Waals surface area contributed by atoms with E-state index in [1.165, 1.54) is 0 Å². The van der Waals surface area contributed by atoms with E-state index in [0.717, 1.165) is 47.3 Å². The first-order chi connectivity index (χ1) is 9.76. The minimum absolute atomic E-state index is 0.778. The first-order valence-electron chi connectivity index (χ1n) is 6.65. The molecule has 0 unspecified atom stereocenters. The summed E-state index contributed by atoms with van der Waals surface area (Å²) in [5.41, 5.74) is 2.09. The third-order valence-corrected chi connectivity index (χ3v) is 3.82. The average Bonchev–Trinajstić information content (AvgIpc) is 2.96. The maximum Gasteiger partial charge on any atom is 0.123 e. The lowest BCUT2D eigenvalue weighted by atomic mass is 10.2. The summed E-state index contributed by atoms with van der Waals surface area (Å²) < 4.78 is 10.6. The largest absolute Gasteiger partial charge is 0.497 e. The van der Waals surface area contributed by atoms with Crippen molar-refractivity contribution >= 4 is 11.3 Å². The Kier molecular flexibility index (Phi) is 5.38. The molecule has 5 heteroatoms. The van der Waals surface area contributed by atoms with E-state index in [1.807, 2.05) is 18.2 Å². The van der Waals surface area contributed by atoms with Crippen molar-refractivity contribution in [3.05, 3.63) is 29.3 Å². The van der Waals surface area contributed by atoms with Gasteiger partial charge >= 0.3 is 0 Å². The Morgan fingerprint density at radius 1 is 1.15 bits per heavy atom. The molecule has 0 amide bonds. The highest BCUT2D eigenvalue weighted by Crippen LogP contribution is 2.31. The fourth-order valence-electron chi connectivity index (χ4n) is 1.84. The van der Waals surface area contributed by atoms with Crippen LogP contribution < -0.4 is 14.8 Å². The summed E-state index contributed by atoms with van der Waals surface area (Å²) in [7, 11) is 3.31. The second-order valence-electron chi connectivity index (χ2n) is 4.42. The first-order valence-corrected chi connectivity index (χ1v) is 7.53. The number of rotatable bonds is 7. The lowest BCUT2D eigenvalue weighted by Gasteiger charge is -2.06. The van der Waals surface area contributed by atoms with Gasteiger partial charge in [0.25, 0.3) is 0 Å². The van der Waals surface area contributed by atoms with Crippen LogP contribution in [-0.2, 0) is 6.54 Å². The molecule has 2 rings (SSSR count). The molecule has 20 heavy (non-hydrogen) atoms. The smallest absolute Gasteiger partial charge is 0.123 e. The summed E-state index contributed by atoms with van der Waals surface area (Å²) in [5, 5.41) is 6.43. The van der Waals surface area contributed by atoms with Gasteiger partial charge in [-0.2, -0.15) is 0 Å². The summed E-state index contributed by atoms with van der Waals surface area (Å²) in [5.74, 6) is 1.56. The van der Waals surface area contributed by atoms with Gasteiger partial charge in [0.15, 0.2) is 0 Å². The second-order valence-corrected chi connectivity index (χ2v) is 5.28. The van der Waals surface area contributed by atoms with E-state index in [9.17, 15) is 0 Å². The Morgan fingerprint density at radius 2 is 1.85 bits per heavy atom. The second kappa shape index (κ2) is 7.26. The van der Waals surface area contributed by atoms with Crippen LogP contribution in [0.3, 0.4) is 0 Å². The lowest BCUT2D eigenvalue weighted by Crippen LogP contribution is -2.13. The zero-order valence-electron chi connectivity index (χ0n) is 12.1. The summed E-state index contributed by atoms with van der Waals surface area (Å²) in [6.45, 7) is 3.98. The van der Waals surface area contributed by atoms with Crippen molar-refractivity contribution < 1.29 is 9.47 Å². The molecule has 0 saturated carbocycles. The maximum atomic E-state index is 5.29. The van der Waals surface area contributed by atoms with Crippen molar-refractivity contribution in [2.75, 3.05) is 20.8 Å². The zero-order valence-corrected chi connectivity index (χ0v) is 12.9. The number of methoxy groups -OCH3 is 2. The molecule has 0 bridgehead atoms.